The Balaban J connectivity index is 1.99. The van der Waals surface area contributed by atoms with E-state index in [1.54, 1.807) is 0 Å². The molecule has 0 heterocycles. The van der Waals surface area contributed by atoms with Gasteiger partial charge in [0.05, 0.1) is 0 Å². The molecule has 0 bridgehead atoms. The van der Waals surface area contributed by atoms with Gasteiger partial charge in [-0.3, -0.25) is 0 Å². The van der Waals surface area contributed by atoms with Crippen molar-refractivity contribution >= 4 is 11.6 Å². The zero-order valence-corrected chi connectivity index (χ0v) is 7.96. The van der Waals surface area contributed by atoms with E-state index in [1.165, 1.54) is 5.56 Å². The SMILES string of the molecule is ONC1CC(c2ccc(Cl)cc2)C1. The first-order valence-electron chi connectivity index (χ1n) is 4.44. The molecule has 1 aromatic carbocycles. The summed E-state index contributed by atoms with van der Waals surface area (Å²) in [5.74, 6) is 0.585. The van der Waals surface area contributed by atoms with Crippen molar-refractivity contribution in [3.63, 3.8) is 0 Å². The Bertz CT molecular complexity index is 279. The van der Waals surface area contributed by atoms with Gasteiger partial charge in [0.15, 0.2) is 0 Å². The van der Waals surface area contributed by atoms with E-state index in [4.69, 9.17) is 16.8 Å². The van der Waals surface area contributed by atoms with Gasteiger partial charge < -0.3 is 5.21 Å². The molecule has 1 aromatic rings. The molecule has 70 valence electrons. The van der Waals surface area contributed by atoms with Crippen LogP contribution in [0.3, 0.4) is 0 Å². The summed E-state index contributed by atoms with van der Waals surface area (Å²) in [6, 6.07) is 8.22. The van der Waals surface area contributed by atoms with Crippen LogP contribution in [0.25, 0.3) is 0 Å². The van der Waals surface area contributed by atoms with Gasteiger partial charge in [0.2, 0.25) is 0 Å². The summed E-state index contributed by atoms with van der Waals surface area (Å²) in [6.45, 7) is 0. The van der Waals surface area contributed by atoms with E-state index in [2.05, 4.69) is 17.6 Å². The van der Waals surface area contributed by atoms with E-state index in [9.17, 15) is 0 Å². The molecule has 3 heteroatoms. The quantitative estimate of drug-likeness (QED) is 0.715. The number of rotatable bonds is 2. The Morgan fingerprint density at radius 2 is 1.85 bits per heavy atom. The molecule has 0 saturated heterocycles. The summed E-state index contributed by atoms with van der Waals surface area (Å²) in [7, 11) is 0. The second kappa shape index (κ2) is 3.66. The van der Waals surface area contributed by atoms with Crippen molar-refractivity contribution in [1.82, 2.24) is 5.48 Å². The molecule has 0 spiro atoms. The lowest BCUT2D eigenvalue weighted by Gasteiger charge is -2.34. The van der Waals surface area contributed by atoms with Crippen molar-refractivity contribution < 1.29 is 5.21 Å². The number of hydrogen-bond donors (Lipinski definition) is 2. The maximum Gasteiger partial charge on any atom is 0.0406 e. The summed E-state index contributed by atoms with van der Waals surface area (Å²) >= 11 is 5.78. The summed E-state index contributed by atoms with van der Waals surface area (Å²) in [5, 5.41) is 9.40. The predicted molar refractivity (Wildman–Crippen MR) is 52.1 cm³/mol. The van der Waals surface area contributed by atoms with Gasteiger partial charge in [-0.05, 0) is 36.5 Å². The van der Waals surface area contributed by atoms with E-state index in [1.807, 2.05) is 12.1 Å². The normalized spacial score (nSPS) is 26.9. The van der Waals surface area contributed by atoms with Gasteiger partial charge in [-0.15, -0.1) is 0 Å². The van der Waals surface area contributed by atoms with Crippen LogP contribution in [0.15, 0.2) is 24.3 Å². The summed E-state index contributed by atoms with van der Waals surface area (Å²) in [4.78, 5) is 0. The number of halogens is 1. The fourth-order valence-electron chi connectivity index (χ4n) is 1.73. The van der Waals surface area contributed by atoms with Gasteiger partial charge in [0.25, 0.3) is 0 Å². The van der Waals surface area contributed by atoms with Gasteiger partial charge in [-0.2, -0.15) is 0 Å². The Hall–Kier alpha value is -0.570. The predicted octanol–water partition coefficient (Wildman–Crippen LogP) is 2.56. The molecule has 0 aliphatic heterocycles. The molecule has 0 amide bonds. The lowest BCUT2D eigenvalue weighted by Crippen LogP contribution is -2.37. The molecule has 1 aliphatic carbocycles. The standard InChI is InChI=1S/C10H12ClNO/c11-9-3-1-7(2-4-9)8-5-10(6-8)12-13/h1-4,8,10,12-13H,5-6H2. The zero-order chi connectivity index (χ0) is 9.26. The maximum absolute atomic E-state index is 8.62. The molecule has 1 fully saturated rings. The third-order valence-electron chi connectivity index (χ3n) is 2.66. The van der Waals surface area contributed by atoms with Crippen molar-refractivity contribution in [3.8, 4) is 0 Å². The van der Waals surface area contributed by atoms with Crippen LogP contribution < -0.4 is 5.48 Å². The fraction of sp³-hybridized carbons (Fsp3) is 0.400. The van der Waals surface area contributed by atoms with Crippen molar-refractivity contribution in [2.45, 2.75) is 24.8 Å². The topological polar surface area (TPSA) is 32.3 Å². The monoisotopic (exact) mass is 197 g/mol. The largest absolute Gasteiger partial charge is 0.317 e. The smallest absolute Gasteiger partial charge is 0.0406 e. The average Bonchev–Trinajstić information content (AvgIpc) is 2.06. The Morgan fingerprint density at radius 3 is 2.38 bits per heavy atom. The Kier molecular flexibility index (Phi) is 2.54. The van der Waals surface area contributed by atoms with Gasteiger partial charge in [0, 0.05) is 11.1 Å². The third-order valence-corrected chi connectivity index (χ3v) is 2.91. The molecule has 13 heavy (non-hydrogen) atoms. The lowest BCUT2D eigenvalue weighted by atomic mass is 9.76. The molecular formula is C10H12ClNO. The molecule has 1 saturated carbocycles. The van der Waals surface area contributed by atoms with Crippen LogP contribution in [-0.2, 0) is 0 Å². The van der Waals surface area contributed by atoms with Crippen molar-refractivity contribution in [2.24, 2.45) is 0 Å². The van der Waals surface area contributed by atoms with E-state index >= 15 is 0 Å². The number of benzene rings is 1. The first-order chi connectivity index (χ1) is 6.29. The molecule has 0 unspecified atom stereocenters. The maximum atomic E-state index is 8.62. The lowest BCUT2D eigenvalue weighted by molar-refractivity contribution is 0.0782. The Labute approximate surface area is 82.5 Å². The van der Waals surface area contributed by atoms with Crippen LogP contribution in [0.2, 0.25) is 5.02 Å². The molecule has 2 nitrogen and oxygen atoms in total. The fourth-order valence-corrected chi connectivity index (χ4v) is 1.86. The minimum absolute atomic E-state index is 0.278. The van der Waals surface area contributed by atoms with Crippen molar-refractivity contribution in [3.05, 3.63) is 34.9 Å². The van der Waals surface area contributed by atoms with Crippen LogP contribution in [0.4, 0.5) is 0 Å². The highest BCUT2D eigenvalue weighted by Crippen LogP contribution is 2.36. The van der Waals surface area contributed by atoms with Gasteiger partial charge in [0.1, 0.15) is 0 Å². The van der Waals surface area contributed by atoms with Gasteiger partial charge in [-0.1, -0.05) is 23.7 Å². The first kappa shape index (κ1) is 9.00. The second-order valence-electron chi connectivity index (χ2n) is 3.55. The highest BCUT2D eigenvalue weighted by molar-refractivity contribution is 6.30. The summed E-state index contributed by atoms with van der Waals surface area (Å²) < 4.78 is 0. The average molecular weight is 198 g/mol. The third kappa shape index (κ3) is 1.85. The van der Waals surface area contributed by atoms with E-state index in [0.717, 1.165) is 17.9 Å². The number of hydrogen-bond acceptors (Lipinski definition) is 2. The zero-order valence-electron chi connectivity index (χ0n) is 7.20. The van der Waals surface area contributed by atoms with Crippen molar-refractivity contribution in [1.29, 1.82) is 0 Å². The summed E-state index contributed by atoms with van der Waals surface area (Å²) in [6.07, 6.45) is 2.02. The van der Waals surface area contributed by atoms with E-state index in [-0.39, 0.29) is 6.04 Å². The molecule has 0 aromatic heterocycles. The minimum atomic E-state index is 0.278. The van der Waals surface area contributed by atoms with Crippen LogP contribution in [-0.4, -0.2) is 11.2 Å². The van der Waals surface area contributed by atoms with Gasteiger partial charge >= 0.3 is 0 Å². The highest BCUT2D eigenvalue weighted by Gasteiger charge is 2.29. The first-order valence-corrected chi connectivity index (χ1v) is 4.82. The minimum Gasteiger partial charge on any atom is -0.317 e. The molecular weight excluding hydrogens is 186 g/mol. The van der Waals surface area contributed by atoms with Crippen LogP contribution in [0.5, 0.6) is 0 Å². The summed E-state index contributed by atoms with van der Waals surface area (Å²) in [5.41, 5.74) is 3.60. The molecule has 2 N–H and O–H groups in total. The van der Waals surface area contributed by atoms with Crippen LogP contribution in [0, 0.1) is 0 Å². The van der Waals surface area contributed by atoms with E-state index < -0.39 is 0 Å². The Morgan fingerprint density at radius 1 is 1.23 bits per heavy atom. The molecule has 2 rings (SSSR count). The molecule has 1 aliphatic rings. The number of nitrogens with one attached hydrogen (secondary N) is 1. The van der Waals surface area contributed by atoms with E-state index in [0.29, 0.717) is 5.92 Å². The second-order valence-corrected chi connectivity index (χ2v) is 3.98. The van der Waals surface area contributed by atoms with Crippen LogP contribution in [0.1, 0.15) is 24.3 Å². The molecule has 0 radical (unpaired) electrons. The van der Waals surface area contributed by atoms with Crippen LogP contribution >= 0.6 is 11.6 Å². The highest BCUT2D eigenvalue weighted by atomic mass is 35.5. The van der Waals surface area contributed by atoms with Gasteiger partial charge in [-0.25, -0.2) is 5.48 Å². The molecule has 0 atom stereocenters. The van der Waals surface area contributed by atoms with Crippen molar-refractivity contribution in [2.75, 3.05) is 0 Å². The number of hydroxylamine groups is 1.